The van der Waals surface area contributed by atoms with Gasteiger partial charge in [-0.25, -0.2) is 9.67 Å². The van der Waals surface area contributed by atoms with Crippen molar-refractivity contribution in [1.82, 2.24) is 14.8 Å². The predicted molar refractivity (Wildman–Crippen MR) is 135 cm³/mol. The van der Waals surface area contributed by atoms with Crippen molar-refractivity contribution in [2.75, 3.05) is 17.2 Å². The average molecular weight is 470 g/mol. The van der Waals surface area contributed by atoms with Gasteiger partial charge in [0.1, 0.15) is 5.82 Å². The first-order chi connectivity index (χ1) is 15.9. The maximum absolute atomic E-state index is 9.91. The summed E-state index contributed by atoms with van der Waals surface area (Å²) < 4.78 is 9.21. The molecular weight excluding hydrogens is 434 g/mol. The fourth-order valence-electron chi connectivity index (χ4n) is 4.80. The SMILES string of the molecule is CC(C)(C)Nc1cc(N[C@H]2CC[C@H](O)CC2)c2sc(-c3ccnn3C3CCCCO3)cc2n1. The molecular formula is C25H35N5O2S. The number of nitrogens with one attached hydrogen (secondary N) is 2. The Hall–Kier alpha value is -2.16. The van der Waals surface area contributed by atoms with Gasteiger partial charge >= 0.3 is 0 Å². The second-order valence-corrected chi connectivity index (χ2v) is 11.4. The second kappa shape index (κ2) is 9.24. The van der Waals surface area contributed by atoms with Crippen LogP contribution in [0.2, 0.25) is 0 Å². The first-order valence-electron chi connectivity index (χ1n) is 12.2. The lowest BCUT2D eigenvalue weighted by Crippen LogP contribution is -2.29. The highest BCUT2D eigenvalue weighted by Gasteiger charge is 2.24. The van der Waals surface area contributed by atoms with Crippen LogP contribution in [0.5, 0.6) is 0 Å². The number of rotatable bonds is 5. The van der Waals surface area contributed by atoms with E-state index in [1.54, 1.807) is 11.3 Å². The number of aliphatic hydroxyl groups is 1. The molecule has 3 aromatic heterocycles. The van der Waals surface area contributed by atoms with Crippen LogP contribution in [-0.2, 0) is 4.74 Å². The number of aromatic nitrogens is 3. The maximum atomic E-state index is 9.91. The third kappa shape index (κ3) is 5.18. The van der Waals surface area contributed by atoms with E-state index < -0.39 is 0 Å². The number of aliphatic hydroxyl groups excluding tert-OH is 1. The summed E-state index contributed by atoms with van der Waals surface area (Å²) in [5.74, 6) is 0.877. The second-order valence-electron chi connectivity index (χ2n) is 10.4. The van der Waals surface area contributed by atoms with Crippen molar-refractivity contribution in [3.63, 3.8) is 0 Å². The molecule has 3 N–H and O–H groups in total. The Bertz CT molecular complexity index is 1090. The van der Waals surface area contributed by atoms with Crippen LogP contribution in [0.25, 0.3) is 20.8 Å². The normalized spacial score (nSPS) is 24.2. The van der Waals surface area contributed by atoms with Crippen molar-refractivity contribution in [1.29, 1.82) is 0 Å². The Kier molecular flexibility index (Phi) is 6.33. The minimum absolute atomic E-state index is 0.00583. The van der Waals surface area contributed by atoms with Gasteiger partial charge in [-0.3, -0.25) is 0 Å². The van der Waals surface area contributed by atoms with Crippen LogP contribution in [0.3, 0.4) is 0 Å². The smallest absolute Gasteiger partial charge is 0.150 e. The fraction of sp³-hybridized carbons (Fsp3) is 0.600. The van der Waals surface area contributed by atoms with E-state index >= 15 is 0 Å². The molecule has 1 aliphatic heterocycles. The number of ether oxygens (including phenoxy) is 1. The van der Waals surface area contributed by atoms with Crippen molar-refractivity contribution >= 4 is 33.1 Å². The van der Waals surface area contributed by atoms with E-state index in [-0.39, 0.29) is 17.9 Å². The van der Waals surface area contributed by atoms with Crippen LogP contribution >= 0.6 is 11.3 Å². The van der Waals surface area contributed by atoms with Crippen molar-refractivity contribution < 1.29 is 9.84 Å². The third-order valence-corrected chi connectivity index (χ3v) is 7.57. The van der Waals surface area contributed by atoms with Crippen LogP contribution < -0.4 is 10.6 Å². The first kappa shape index (κ1) is 22.6. The van der Waals surface area contributed by atoms with E-state index in [0.29, 0.717) is 6.04 Å². The van der Waals surface area contributed by atoms with Gasteiger partial charge in [-0.15, -0.1) is 11.3 Å². The van der Waals surface area contributed by atoms with Gasteiger partial charge in [0, 0.05) is 30.5 Å². The van der Waals surface area contributed by atoms with Gasteiger partial charge in [0.25, 0.3) is 0 Å². The van der Waals surface area contributed by atoms with E-state index in [2.05, 4.69) is 54.7 Å². The van der Waals surface area contributed by atoms with Crippen LogP contribution in [0.15, 0.2) is 24.4 Å². The summed E-state index contributed by atoms with van der Waals surface area (Å²) in [6, 6.07) is 6.76. The zero-order valence-corrected chi connectivity index (χ0v) is 20.6. The van der Waals surface area contributed by atoms with E-state index in [9.17, 15) is 5.11 Å². The highest BCUT2D eigenvalue weighted by molar-refractivity contribution is 7.22. The number of nitrogens with zero attached hydrogens (tertiary/aromatic N) is 3. The lowest BCUT2D eigenvalue weighted by molar-refractivity contribution is -0.0383. The molecule has 1 unspecified atom stereocenters. The number of pyridine rings is 1. The number of hydrogen-bond donors (Lipinski definition) is 3. The lowest BCUT2D eigenvalue weighted by atomic mass is 9.93. The van der Waals surface area contributed by atoms with E-state index in [1.165, 1.54) is 6.42 Å². The van der Waals surface area contributed by atoms with E-state index in [0.717, 1.165) is 77.4 Å². The number of fused-ring (bicyclic) bond motifs is 1. The molecule has 1 saturated carbocycles. The summed E-state index contributed by atoms with van der Waals surface area (Å²) in [5, 5.41) is 21.8. The van der Waals surface area contributed by atoms with Crippen molar-refractivity contribution in [2.45, 2.75) is 89.6 Å². The van der Waals surface area contributed by atoms with Gasteiger partial charge in [-0.05, 0) is 77.8 Å². The summed E-state index contributed by atoms with van der Waals surface area (Å²) >= 11 is 1.76. The summed E-state index contributed by atoms with van der Waals surface area (Å²) in [7, 11) is 0. The molecule has 1 atom stereocenters. The molecule has 0 aromatic carbocycles. The molecule has 5 rings (SSSR count). The molecule has 1 saturated heterocycles. The molecule has 0 bridgehead atoms. The minimum atomic E-state index is -0.158. The van der Waals surface area contributed by atoms with Crippen LogP contribution in [0, 0.1) is 0 Å². The molecule has 1 aliphatic carbocycles. The Morgan fingerprint density at radius 1 is 1.12 bits per heavy atom. The standard InChI is InChI=1S/C25H35N5O2S/c1-25(2,3)29-22-15-19(27-16-7-9-17(31)10-8-16)24-18(28-22)14-21(33-24)20-11-12-26-30(20)23-6-4-5-13-32-23/h11-12,14-17,23,31H,4-10,13H2,1-3H3,(H2,27,28,29)/t16-,17-,23?. The largest absolute Gasteiger partial charge is 0.393 e. The molecule has 8 heteroatoms. The Morgan fingerprint density at radius 2 is 1.94 bits per heavy atom. The van der Waals surface area contributed by atoms with E-state index in [4.69, 9.17) is 9.72 Å². The predicted octanol–water partition coefficient (Wildman–Crippen LogP) is 5.78. The van der Waals surface area contributed by atoms with Crippen LogP contribution in [-0.4, -0.2) is 44.2 Å². The van der Waals surface area contributed by atoms with Gasteiger partial charge in [-0.1, -0.05) is 0 Å². The van der Waals surface area contributed by atoms with Crippen molar-refractivity contribution in [3.05, 3.63) is 24.4 Å². The minimum Gasteiger partial charge on any atom is -0.393 e. The van der Waals surface area contributed by atoms with Crippen molar-refractivity contribution in [3.8, 4) is 10.6 Å². The maximum Gasteiger partial charge on any atom is 0.150 e. The Balaban J connectivity index is 1.51. The summed E-state index contributed by atoms with van der Waals surface area (Å²) in [4.78, 5) is 6.11. The van der Waals surface area contributed by atoms with Gasteiger partial charge in [0.05, 0.1) is 32.6 Å². The molecule has 33 heavy (non-hydrogen) atoms. The molecule has 0 radical (unpaired) electrons. The van der Waals surface area contributed by atoms with E-state index in [1.807, 2.05) is 10.9 Å². The molecule has 7 nitrogen and oxygen atoms in total. The lowest BCUT2D eigenvalue weighted by Gasteiger charge is -2.28. The quantitative estimate of drug-likeness (QED) is 0.439. The summed E-state index contributed by atoms with van der Waals surface area (Å²) in [6.07, 6.45) is 8.68. The Morgan fingerprint density at radius 3 is 2.67 bits per heavy atom. The third-order valence-electron chi connectivity index (χ3n) is 6.39. The molecule has 4 heterocycles. The number of anilines is 2. The number of hydrogen-bond acceptors (Lipinski definition) is 7. The monoisotopic (exact) mass is 469 g/mol. The molecule has 178 valence electrons. The number of thiophene rings is 1. The highest BCUT2D eigenvalue weighted by atomic mass is 32.1. The van der Waals surface area contributed by atoms with Gasteiger partial charge in [-0.2, -0.15) is 5.10 Å². The van der Waals surface area contributed by atoms with Gasteiger partial charge in [0.2, 0.25) is 0 Å². The fourth-order valence-corrected chi connectivity index (χ4v) is 5.89. The molecule has 0 spiro atoms. The zero-order valence-electron chi connectivity index (χ0n) is 19.8. The summed E-state index contributed by atoms with van der Waals surface area (Å²) in [6.45, 7) is 7.24. The molecule has 2 fully saturated rings. The zero-order chi connectivity index (χ0) is 23.0. The van der Waals surface area contributed by atoms with Gasteiger partial charge < -0.3 is 20.5 Å². The van der Waals surface area contributed by atoms with Crippen LogP contribution in [0.4, 0.5) is 11.5 Å². The topological polar surface area (TPSA) is 84.2 Å². The molecule has 0 amide bonds. The Labute approximate surface area is 199 Å². The summed E-state index contributed by atoms with van der Waals surface area (Å²) in [5.41, 5.74) is 3.11. The van der Waals surface area contributed by atoms with Crippen molar-refractivity contribution in [2.24, 2.45) is 0 Å². The highest BCUT2D eigenvalue weighted by Crippen LogP contribution is 2.40. The molecule has 3 aromatic rings. The van der Waals surface area contributed by atoms with Gasteiger partial charge in [0.15, 0.2) is 6.23 Å². The molecule has 2 aliphatic rings. The van der Waals surface area contributed by atoms with Crippen LogP contribution in [0.1, 0.15) is 71.9 Å². The average Bonchev–Trinajstić information content (AvgIpc) is 3.42. The first-order valence-corrected chi connectivity index (χ1v) is 13.0.